The highest BCUT2D eigenvalue weighted by Gasteiger charge is 2.24. The summed E-state index contributed by atoms with van der Waals surface area (Å²) < 4.78 is 2.10. The van der Waals surface area contributed by atoms with E-state index in [1.165, 1.54) is 36.6 Å². The number of hydrogen-bond acceptors (Lipinski definition) is 5. The fraction of sp³-hybridized carbons (Fsp3) is 0.550. The largest absolute Gasteiger partial charge is 0.355 e. The van der Waals surface area contributed by atoms with Gasteiger partial charge in [0.25, 0.3) is 0 Å². The summed E-state index contributed by atoms with van der Waals surface area (Å²) >= 11 is 1.46. The van der Waals surface area contributed by atoms with Gasteiger partial charge in [0.05, 0.1) is 10.9 Å². The molecule has 0 radical (unpaired) electrons. The Bertz CT molecular complexity index is 752. The molecule has 1 amide bonds. The summed E-state index contributed by atoms with van der Waals surface area (Å²) in [5, 5.41) is 12.4. The van der Waals surface area contributed by atoms with Crippen molar-refractivity contribution in [2.24, 2.45) is 0 Å². The van der Waals surface area contributed by atoms with Crippen LogP contribution in [0.5, 0.6) is 0 Å². The highest BCUT2D eigenvalue weighted by atomic mass is 32.2. The predicted octanol–water partition coefficient (Wildman–Crippen LogP) is 3.57. The van der Waals surface area contributed by atoms with Gasteiger partial charge in [-0.25, -0.2) is 0 Å². The molecule has 0 spiro atoms. The van der Waals surface area contributed by atoms with Crippen LogP contribution in [0.2, 0.25) is 0 Å². The third-order valence-electron chi connectivity index (χ3n) is 4.75. The first-order valence-corrected chi connectivity index (χ1v) is 10.7. The van der Waals surface area contributed by atoms with Gasteiger partial charge in [-0.1, -0.05) is 36.4 Å². The fourth-order valence-electron chi connectivity index (χ4n) is 3.16. The lowest BCUT2D eigenvalue weighted by Crippen LogP contribution is -2.32. The molecule has 7 heteroatoms. The average molecular weight is 388 g/mol. The Morgan fingerprint density at radius 3 is 2.56 bits per heavy atom. The van der Waals surface area contributed by atoms with Gasteiger partial charge >= 0.3 is 0 Å². The minimum absolute atomic E-state index is 0.0415. The molecule has 1 N–H and O–H groups in total. The van der Waals surface area contributed by atoms with Crippen LogP contribution in [0, 0.1) is 6.92 Å². The van der Waals surface area contributed by atoms with Gasteiger partial charge in [0.1, 0.15) is 0 Å². The first-order valence-electron chi connectivity index (χ1n) is 9.82. The number of amides is 1. The van der Waals surface area contributed by atoms with Crippen LogP contribution in [0.15, 0.2) is 29.4 Å². The van der Waals surface area contributed by atoms with E-state index in [0.717, 1.165) is 36.3 Å². The van der Waals surface area contributed by atoms with E-state index in [2.05, 4.69) is 63.1 Å². The van der Waals surface area contributed by atoms with Crippen LogP contribution in [-0.4, -0.2) is 45.6 Å². The number of aryl methyl sites for hydroxylation is 1. The number of thioether (sulfide) groups is 1. The molecular weight excluding hydrogens is 358 g/mol. The standard InChI is InChI=1S/C20H29N5OS/c1-4-12-21-18(26)16(3)27-20-23-22-19(24-13-6-5-7-14-24)25(20)17-10-8-15(2)9-11-17/h8-11,16H,4-7,12-14H2,1-3H3,(H,21,26)/t16-/m1/s1. The van der Waals surface area contributed by atoms with Crippen molar-refractivity contribution in [3.63, 3.8) is 0 Å². The molecule has 0 aliphatic carbocycles. The highest BCUT2D eigenvalue weighted by Crippen LogP contribution is 2.30. The van der Waals surface area contributed by atoms with Crippen LogP contribution in [0.3, 0.4) is 0 Å². The molecule has 27 heavy (non-hydrogen) atoms. The minimum Gasteiger partial charge on any atom is -0.355 e. The smallest absolute Gasteiger partial charge is 0.233 e. The molecule has 146 valence electrons. The molecule has 0 bridgehead atoms. The summed E-state index contributed by atoms with van der Waals surface area (Å²) in [7, 11) is 0. The maximum Gasteiger partial charge on any atom is 0.233 e. The summed E-state index contributed by atoms with van der Waals surface area (Å²) in [6.45, 7) is 8.76. The van der Waals surface area contributed by atoms with Crippen molar-refractivity contribution in [2.75, 3.05) is 24.5 Å². The molecule has 0 saturated carbocycles. The van der Waals surface area contributed by atoms with E-state index < -0.39 is 0 Å². The number of carbonyl (C=O) groups is 1. The first kappa shape index (κ1) is 19.7. The Morgan fingerprint density at radius 1 is 1.19 bits per heavy atom. The lowest BCUT2D eigenvalue weighted by Gasteiger charge is -2.28. The molecule has 2 heterocycles. The highest BCUT2D eigenvalue weighted by molar-refractivity contribution is 8.00. The van der Waals surface area contributed by atoms with E-state index in [9.17, 15) is 4.79 Å². The predicted molar refractivity (Wildman–Crippen MR) is 111 cm³/mol. The van der Waals surface area contributed by atoms with E-state index >= 15 is 0 Å². The molecule has 1 atom stereocenters. The SMILES string of the molecule is CCCNC(=O)[C@@H](C)Sc1nnc(N2CCCCC2)n1-c1ccc(C)cc1. The molecule has 2 aromatic rings. The van der Waals surface area contributed by atoms with Crippen molar-refractivity contribution in [1.29, 1.82) is 0 Å². The van der Waals surface area contributed by atoms with Gasteiger partial charge in [-0.15, -0.1) is 10.2 Å². The van der Waals surface area contributed by atoms with Gasteiger partial charge in [0, 0.05) is 19.6 Å². The zero-order valence-corrected chi connectivity index (χ0v) is 17.3. The molecular formula is C20H29N5OS. The molecule has 3 rings (SSSR count). The molecule has 1 aliphatic heterocycles. The number of nitrogens with zero attached hydrogens (tertiary/aromatic N) is 4. The molecule has 6 nitrogen and oxygen atoms in total. The summed E-state index contributed by atoms with van der Waals surface area (Å²) in [6, 6.07) is 8.39. The van der Waals surface area contributed by atoms with Crippen LogP contribution >= 0.6 is 11.8 Å². The number of rotatable bonds is 7. The number of hydrogen-bond donors (Lipinski definition) is 1. The molecule has 1 aromatic carbocycles. The molecule has 1 aliphatic rings. The van der Waals surface area contributed by atoms with E-state index in [1.807, 2.05) is 6.92 Å². The molecule has 0 unspecified atom stereocenters. The maximum atomic E-state index is 12.3. The third-order valence-corrected chi connectivity index (χ3v) is 5.79. The van der Waals surface area contributed by atoms with E-state index in [-0.39, 0.29) is 11.2 Å². The minimum atomic E-state index is -0.223. The Hall–Kier alpha value is -2.02. The maximum absolute atomic E-state index is 12.3. The van der Waals surface area contributed by atoms with Crippen LogP contribution in [0.25, 0.3) is 5.69 Å². The van der Waals surface area contributed by atoms with Crippen molar-refractivity contribution < 1.29 is 4.79 Å². The van der Waals surface area contributed by atoms with E-state index in [4.69, 9.17) is 0 Å². The van der Waals surface area contributed by atoms with Crippen LogP contribution in [0.1, 0.15) is 45.1 Å². The van der Waals surface area contributed by atoms with Gasteiger partial charge in [-0.2, -0.15) is 0 Å². The van der Waals surface area contributed by atoms with Gasteiger partial charge in [0.15, 0.2) is 5.16 Å². The second-order valence-electron chi connectivity index (χ2n) is 7.05. The molecule has 1 fully saturated rings. The third kappa shape index (κ3) is 4.83. The Balaban J connectivity index is 1.90. The summed E-state index contributed by atoms with van der Waals surface area (Å²) in [6.07, 6.45) is 4.56. The number of anilines is 1. The Morgan fingerprint density at radius 2 is 1.89 bits per heavy atom. The number of nitrogens with one attached hydrogen (secondary N) is 1. The van der Waals surface area contributed by atoms with Crippen molar-refractivity contribution in [1.82, 2.24) is 20.1 Å². The van der Waals surface area contributed by atoms with Crippen LogP contribution < -0.4 is 10.2 Å². The zero-order chi connectivity index (χ0) is 19.2. The summed E-state index contributed by atoms with van der Waals surface area (Å²) in [4.78, 5) is 14.6. The van der Waals surface area contributed by atoms with Crippen LogP contribution in [0.4, 0.5) is 5.95 Å². The quantitative estimate of drug-likeness (QED) is 0.736. The van der Waals surface area contributed by atoms with Crippen molar-refractivity contribution >= 4 is 23.6 Å². The van der Waals surface area contributed by atoms with E-state index in [0.29, 0.717) is 6.54 Å². The van der Waals surface area contributed by atoms with Crippen molar-refractivity contribution in [3.05, 3.63) is 29.8 Å². The lowest BCUT2D eigenvalue weighted by atomic mass is 10.1. The first-order chi connectivity index (χ1) is 13.1. The van der Waals surface area contributed by atoms with Gasteiger partial charge in [0.2, 0.25) is 11.9 Å². The van der Waals surface area contributed by atoms with Crippen molar-refractivity contribution in [2.45, 2.75) is 56.9 Å². The zero-order valence-electron chi connectivity index (χ0n) is 16.4. The summed E-state index contributed by atoms with van der Waals surface area (Å²) in [5.74, 6) is 0.919. The lowest BCUT2D eigenvalue weighted by molar-refractivity contribution is -0.120. The Labute approximate surface area is 165 Å². The number of aromatic nitrogens is 3. The van der Waals surface area contributed by atoms with Gasteiger partial charge < -0.3 is 10.2 Å². The molecule has 1 saturated heterocycles. The molecule has 1 aromatic heterocycles. The number of piperidine rings is 1. The number of benzene rings is 1. The van der Waals surface area contributed by atoms with Gasteiger partial charge in [-0.3, -0.25) is 9.36 Å². The monoisotopic (exact) mass is 387 g/mol. The number of carbonyl (C=O) groups excluding carboxylic acids is 1. The van der Waals surface area contributed by atoms with Crippen molar-refractivity contribution in [3.8, 4) is 5.69 Å². The van der Waals surface area contributed by atoms with Gasteiger partial charge in [-0.05, 0) is 51.7 Å². The second kappa shape index (κ2) is 9.26. The topological polar surface area (TPSA) is 63.1 Å². The summed E-state index contributed by atoms with van der Waals surface area (Å²) in [5.41, 5.74) is 2.25. The normalized spacial score (nSPS) is 15.6. The Kier molecular flexibility index (Phi) is 6.77. The fourth-order valence-corrected chi connectivity index (χ4v) is 4.05. The van der Waals surface area contributed by atoms with E-state index in [1.54, 1.807) is 0 Å². The van der Waals surface area contributed by atoms with Crippen LogP contribution in [-0.2, 0) is 4.79 Å². The second-order valence-corrected chi connectivity index (χ2v) is 8.36. The average Bonchev–Trinajstić information content (AvgIpc) is 3.10.